The molecule has 1 aromatic carbocycles. The lowest BCUT2D eigenvalue weighted by atomic mass is 9.88. The van der Waals surface area contributed by atoms with Crippen LogP contribution in [0.3, 0.4) is 0 Å². The van der Waals surface area contributed by atoms with Crippen LogP contribution in [0.15, 0.2) is 24.3 Å². The first-order valence-corrected chi connectivity index (χ1v) is 9.05. The first kappa shape index (κ1) is 31.0. The molecule has 0 bridgehead atoms. The highest BCUT2D eigenvalue weighted by Crippen LogP contribution is 2.63. The molecule has 35 heavy (non-hydrogen) atoms. The summed E-state index contributed by atoms with van der Waals surface area (Å²) in [6.07, 6.45) is -12.5. The maximum atomic E-state index is 14.1. The van der Waals surface area contributed by atoms with Crippen LogP contribution in [-0.4, -0.2) is 55.4 Å². The quantitative estimate of drug-likeness (QED) is 0.266. The molecule has 0 aliphatic rings. The summed E-state index contributed by atoms with van der Waals surface area (Å²) in [7, 11) is 0.583. The lowest BCUT2D eigenvalue weighted by molar-refractivity contribution is -0.453. The van der Waals surface area contributed by atoms with Crippen LogP contribution in [0, 0.1) is 0 Å². The Morgan fingerprint density at radius 3 is 1.40 bits per heavy atom. The van der Waals surface area contributed by atoms with Gasteiger partial charge in [-0.25, -0.2) is 0 Å². The van der Waals surface area contributed by atoms with E-state index in [1.165, 1.54) is 0 Å². The van der Waals surface area contributed by atoms with E-state index in [2.05, 4.69) is 4.74 Å². The molecule has 0 aliphatic heterocycles. The van der Waals surface area contributed by atoms with Gasteiger partial charge in [-0.1, -0.05) is 12.1 Å². The van der Waals surface area contributed by atoms with E-state index in [4.69, 9.17) is 4.74 Å². The SMILES string of the molecule is CCOc1ccc(C(CC(F)(F)C(F)(F)C(F)(F)C(F)(F)C(F)(F)C(F)(F)C(F)(F)F)OC)cc1. The number of halogens is 15. The van der Waals surface area contributed by atoms with E-state index < -0.39 is 59.8 Å². The molecule has 2 nitrogen and oxygen atoms in total. The molecule has 0 aromatic heterocycles. The fraction of sp³-hybridized carbons (Fsp3) is 0.667. The van der Waals surface area contributed by atoms with E-state index in [9.17, 15) is 65.9 Å². The summed E-state index contributed by atoms with van der Waals surface area (Å²) in [6, 6.07) is 3.95. The highest BCUT2D eigenvalue weighted by Gasteiger charge is 2.93. The molecule has 0 saturated heterocycles. The first-order valence-electron chi connectivity index (χ1n) is 9.05. The van der Waals surface area contributed by atoms with E-state index in [0.717, 1.165) is 24.3 Å². The number of hydrogen-bond acceptors (Lipinski definition) is 2. The van der Waals surface area contributed by atoms with Gasteiger partial charge in [-0.05, 0) is 24.6 Å². The van der Waals surface area contributed by atoms with Crippen LogP contribution in [0.2, 0.25) is 0 Å². The molecule has 0 fully saturated rings. The number of methoxy groups -OCH3 is 1. The van der Waals surface area contributed by atoms with E-state index in [1.807, 2.05) is 0 Å². The summed E-state index contributed by atoms with van der Waals surface area (Å²) in [6.45, 7) is 1.66. The zero-order valence-electron chi connectivity index (χ0n) is 17.3. The Bertz CT molecular complexity index is 846. The van der Waals surface area contributed by atoms with E-state index in [-0.39, 0.29) is 12.4 Å². The van der Waals surface area contributed by atoms with Crippen molar-refractivity contribution in [3.8, 4) is 5.75 Å². The maximum Gasteiger partial charge on any atom is 0.460 e. The van der Waals surface area contributed by atoms with Gasteiger partial charge in [-0.2, -0.15) is 65.9 Å². The molecule has 1 aromatic rings. The van der Waals surface area contributed by atoms with Crippen molar-refractivity contribution in [3.63, 3.8) is 0 Å². The number of hydrogen-bond donors (Lipinski definition) is 0. The molecule has 17 heteroatoms. The molecule has 0 saturated carbocycles. The number of ether oxygens (including phenoxy) is 2. The summed E-state index contributed by atoms with van der Waals surface area (Å²) >= 11 is 0. The lowest BCUT2D eigenvalue weighted by Crippen LogP contribution is -2.72. The minimum atomic E-state index is -8.31. The van der Waals surface area contributed by atoms with Crippen molar-refractivity contribution in [2.75, 3.05) is 13.7 Å². The Morgan fingerprint density at radius 2 is 1.03 bits per heavy atom. The summed E-state index contributed by atoms with van der Waals surface area (Å²) in [5.41, 5.74) is -0.449. The molecule has 0 radical (unpaired) electrons. The molecule has 1 unspecified atom stereocenters. The van der Waals surface area contributed by atoms with Gasteiger partial charge >= 0.3 is 41.7 Å². The monoisotopic (exact) mass is 548 g/mol. The van der Waals surface area contributed by atoms with E-state index in [1.54, 1.807) is 6.92 Å². The second kappa shape index (κ2) is 9.42. The summed E-state index contributed by atoms with van der Waals surface area (Å²) in [5, 5.41) is 0. The van der Waals surface area contributed by atoms with Crippen molar-refractivity contribution in [1.29, 1.82) is 0 Å². The van der Waals surface area contributed by atoms with Crippen molar-refractivity contribution in [3.05, 3.63) is 29.8 Å². The van der Waals surface area contributed by atoms with Gasteiger partial charge in [0.15, 0.2) is 0 Å². The standard InChI is InChI=1S/C18H15F15O2/c1-3-35-10-6-4-9(5-7-10)11(34-2)8-12(19,20)13(21,22)14(23,24)15(25,26)16(27,28)17(29,30)18(31,32)33/h4-7,11H,3,8H2,1-2H3. The van der Waals surface area contributed by atoms with Crippen LogP contribution in [0.1, 0.15) is 25.0 Å². The van der Waals surface area contributed by atoms with Crippen LogP contribution < -0.4 is 4.74 Å². The third-order valence-corrected chi connectivity index (χ3v) is 4.68. The number of rotatable bonds is 11. The van der Waals surface area contributed by atoms with Crippen LogP contribution in [0.4, 0.5) is 65.9 Å². The van der Waals surface area contributed by atoms with Gasteiger partial charge in [0.05, 0.1) is 12.7 Å². The van der Waals surface area contributed by atoms with Gasteiger partial charge in [-0.3, -0.25) is 0 Å². The molecule has 0 amide bonds. The smallest absolute Gasteiger partial charge is 0.460 e. The lowest BCUT2D eigenvalue weighted by Gasteiger charge is -2.42. The molecular weight excluding hydrogens is 533 g/mol. The summed E-state index contributed by atoms with van der Waals surface area (Å²) in [5.74, 6) is -46.6. The van der Waals surface area contributed by atoms with Crippen LogP contribution in [0.25, 0.3) is 0 Å². The summed E-state index contributed by atoms with van der Waals surface area (Å²) < 4.78 is 209. The minimum Gasteiger partial charge on any atom is -0.494 e. The molecule has 0 aliphatic carbocycles. The second-order valence-electron chi connectivity index (χ2n) is 7.00. The van der Waals surface area contributed by atoms with Gasteiger partial charge in [0.25, 0.3) is 0 Å². The van der Waals surface area contributed by atoms with Gasteiger partial charge in [-0.15, -0.1) is 0 Å². The van der Waals surface area contributed by atoms with Crippen molar-refractivity contribution >= 4 is 0 Å². The van der Waals surface area contributed by atoms with Crippen LogP contribution in [-0.2, 0) is 4.74 Å². The van der Waals surface area contributed by atoms with Crippen molar-refractivity contribution in [1.82, 2.24) is 0 Å². The highest BCUT2D eigenvalue weighted by molar-refractivity contribution is 5.29. The topological polar surface area (TPSA) is 18.5 Å². The molecule has 1 rings (SSSR count). The minimum absolute atomic E-state index is 0.113. The molecule has 204 valence electrons. The van der Waals surface area contributed by atoms with Crippen LogP contribution in [0.5, 0.6) is 5.75 Å². The van der Waals surface area contributed by atoms with Gasteiger partial charge in [0.2, 0.25) is 0 Å². The van der Waals surface area contributed by atoms with E-state index >= 15 is 0 Å². The zero-order valence-corrected chi connectivity index (χ0v) is 17.3. The van der Waals surface area contributed by atoms with Gasteiger partial charge in [0, 0.05) is 13.5 Å². The Hall–Kier alpha value is -2.07. The van der Waals surface area contributed by atoms with Gasteiger partial charge in [0.1, 0.15) is 5.75 Å². The predicted molar refractivity (Wildman–Crippen MR) is 87.7 cm³/mol. The highest BCUT2D eigenvalue weighted by atomic mass is 19.4. The average molecular weight is 548 g/mol. The Morgan fingerprint density at radius 1 is 0.629 bits per heavy atom. The Labute approximate surface area is 187 Å². The number of benzene rings is 1. The van der Waals surface area contributed by atoms with Crippen LogP contribution >= 0.6 is 0 Å². The molecule has 0 spiro atoms. The predicted octanol–water partition coefficient (Wildman–Crippen LogP) is 7.54. The average Bonchev–Trinajstić information content (AvgIpc) is 2.71. The van der Waals surface area contributed by atoms with Crippen molar-refractivity contribution < 1.29 is 75.3 Å². The third-order valence-electron chi connectivity index (χ3n) is 4.68. The molecule has 0 heterocycles. The largest absolute Gasteiger partial charge is 0.494 e. The molecular formula is C18H15F15O2. The third kappa shape index (κ3) is 4.96. The molecule has 1 atom stereocenters. The Kier molecular flexibility index (Phi) is 8.34. The first-order chi connectivity index (χ1) is 15.5. The van der Waals surface area contributed by atoms with Crippen molar-refractivity contribution in [2.45, 2.75) is 61.2 Å². The normalized spacial score (nSPS) is 15.8. The van der Waals surface area contributed by atoms with Gasteiger partial charge < -0.3 is 9.47 Å². The zero-order chi connectivity index (χ0) is 27.9. The van der Waals surface area contributed by atoms with E-state index in [0.29, 0.717) is 7.11 Å². The summed E-state index contributed by atoms with van der Waals surface area (Å²) in [4.78, 5) is 0. The second-order valence-corrected chi connectivity index (χ2v) is 7.00. The Balaban J connectivity index is 3.43. The number of alkyl halides is 15. The maximum absolute atomic E-state index is 14.1. The fourth-order valence-corrected chi connectivity index (χ4v) is 2.64. The molecule has 0 N–H and O–H groups in total. The fourth-order valence-electron chi connectivity index (χ4n) is 2.64. The van der Waals surface area contributed by atoms with Crippen molar-refractivity contribution in [2.24, 2.45) is 0 Å².